The topological polar surface area (TPSA) is 66.4 Å². The Bertz CT molecular complexity index is 211. The monoisotopic (exact) mass is 199 g/mol. The number of unbranched alkanes of at least 4 members (excludes halogenated alkanes) is 1. The van der Waals surface area contributed by atoms with Crippen LogP contribution in [0.25, 0.3) is 0 Å². The van der Waals surface area contributed by atoms with E-state index in [2.05, 4.69) is 5.32 Å². The fourth-order valence-corrected chi connectivity index (χ4v) is 1.43. The number of rotatable bonds is 6. The van der Waals surface area contributed by atoms with Crippen LogP contribution in [0.3, 0.4) is 0 Å². The quantitative estimate of drug-likeness (QED) is 0.631. The highest BCUT2D eigenvalue weighted by atomic mass is 16.4. The summed E-state index contributed by atoms with van der Waals surface area (Å²) in [4.78, 5) is 21.5. The van der Waals surface area contributed by atoms with E-state index in [0.29, 0.717) is 13.0 Å². The number of hydrogen-bond acceptors (Lipinski definition) is 2. The maximum Gasteiger partial charge on any atom is 0.303 e. The zero-order valence-corrected chi connectivity index (χ0v) is 8.29. The van der Waals surface area contributed by atoms with Gasteiger partial charge >= 0.3 is 5.97 Å². The van der Waals surface area contributed by atoms with Crippen molar-refractivity contribution < 1.29 is 14.7 Å². The van der Waals surface area contributed by atoms with E-state index in [1.54, 1.807) is 0 Å². The number of hydrogen-bond donors (Lipinski definition) is 2. The molecule has 0 aromatic carbocycles. The molecule has 4 nitrogen and oxygen atoms in total. The van der Waals surface area contributed by atoms with Gasteiger partial charge in [-0.05, 0) is 25.7 Å². The Morgan fingerprint density at radius 2 is 2.00 bits per heavy atom. The van der Waals surface area contributed by atoms with Gasteiger partial charge < -0.3 is 10.4 Å². The molecule has 14 heavy (non-hydrogen) atoms. The maximum absolute atomic E-state index is 11.3. The molecule has 1 aliphatic rings. The van der Waals surface area contributed by atoms with Crippen molar-refractivity contribution in [2.24, 2.45) is 5.92 Å². The van der Waals surface area contributed by atoms with E-state index in [1.165, 1.54) is 0 Å². The summed E-state index contributed by atoms with van der Waals surface area (Å²) in [5.41, 5.74) is 0. The van der Waals surface area contributed by atoms with Crippen LogP contribution in [-0.4, -0.2) is 23.5 Å². The molecule has 0 heterocycles. The molecule has 2 N–H and O–H groups in total. The van der Waals surface area contributed by atoms with Crippen molar-refractivity contribution in [1.29, 1.82) is 0 Å². The normalized spacial score (nSPS) is 16.0. The molecule has 1 aliphatic carbocycles. The lowest BCUT2D eigenvalue weighted by atomic mass is 9.85. The number of nitrogens with one attached hydrogen (secondary N) is 1. The minimum absolute atomic E-state index is 0.145. The lowest BCUT2D eigenvalue weighted by Crippen LogP contribution is -2.34. The number of amides is 1. The van der Waals surface area contributed by atoms with Crippen molar-refractivity contribution >= 4 is 11.9 Å². The van der Waals surface area contributed by atoms with E-state index >= 15 is 0 Å². The van der Waals surface area contributed by atoms with Gasteiger partial charge in [-0.15, -0.1) is 0 Å². The molecular formula is C10H17NO3. The average molecular weight is 199 g/mol. The van der Waals surface area contributed by atoms with Gasteiger partial charge in [0.1, 0.15) is 0 Å². The number of carboxylic acid groups (broad SMARTS) is 1. The molecule has 0 aromatic rings. The minimum atomic E-state index is -0.768. The molecule has 0 atom stereocenters. The van der Waals surface area contributed by atoms with Crippen LogP contribution in [0.5, 0.6) is 0 Å². The summed E-state index contributed by atoms with van der Waals surface area (Å²) in [6.45, 7) is 0.614. The Morgan fingerprint density at radius 3 is 2.50 bits per heavy atom. The van der Waals surface area contributed by atoms with Gasteiger partial charge in [0, 0.05) is 18.9 Å². The summed E-state index contributed by atoms with van der Waals surface area (Å²) in [5.74, 6) is -0.392. The van der Waals surface area contributed by atoms with Crippen molar-refractivity contribution in [2.45, 2.75) is 38.5 Å². The molecule has 1 saturated carbocycles. The van der Waals surface area contributed by atoms with Gasteiger partial charge in [0.15, 0.2) is 0 Å². The summed E-state index contributed by atoms with van der Waals surface area (Å²) in [6, 6.07) is 0. The summed E-state index contributed by atoms with van der Waals surface area (Å²) >= 11 is 0. The van der Waals surface area contributed by atoms with Crippen molar-refractivity contribution in [2.75, 3.05) is 6.54 Å². The zero-order chi connectivity index (χ0) is 10.4. The molecule has 0 spiro atoms. The van der Waals surface area contributed by atoms with Crippen LogP contribution >= 0.6 is 0 Å². The largest absolute Gasteiger partial charge is 0.481 e. The van der Waals surface area contributed by atoms with Gasteiger partial charge in [0.2, 0.25) is 5.91 Å². The van der Waals surface area contributed by atoms with Crippen molar-refractivity contribution in [3.8, 4) is 0 Å². The molecular weight excluding hydrogens is 182 g/mol. The van der Waals surface area contributed by atoms with Crippen molar-refractivity contribution in [1.82, 2.24) is 5.32 Å². The van der Waals surface area contributed by atoms with E-state index in [4.69, 9.17) is 5.11 Å². The van der Waals surface area contributed by atoms with Crippen LogP contribution in [0.2, 0.25) is 0 Å². The predicted molar refractivity (Wildman–Crippen MR) is 51.8 cm³/mol. The smallest absolute Gasteiger partial charge is 0.303 e. The van der Waals surface area contributed by atoms with E-state index < -0.39 is 5.97 Å². The second-order valence-corrected chi connectivity index (χ2v) is 3.77. The van der Waals surface area contributed by atoms with Gasteiger partial charge in [-0.2, -0.15) is 0 Å². The molecule has 0 aliphatic heterocycles. The third-order valence-corrected chi connectivity index (χ3v) is 2.59. The van der Waals surface area contributed by atoms with Gasteiger partial charge in [-0.25, -0.2) is 0 Å². The van der Waals surface area contributed by atoms with Crippen LogP contribution in [0.1, 0.15) is 38.5 Å². The SMILES string of the molecule is O=C(O)CCCCNC(=O)C1CCC1. The summed E-state index contributed by atoms with van der Waals surface area (Å²) in [6.07, 6.45) is 4.78. The number of carbonyl (C=O) groups is 2. The molecule has 0 unspecified atom stereocenters. The second-order valence-electron chi connectivity index (χ2n) is 3.77. The lowest BCUT2D eigenvalue weighted by Gasteiger charge is -2.23. The third kappa shape index (κ3) is 3.77. The standard InChI is InChI=1S/C10H17NO3/c12-9(13)6-1-2-7-11-10(14)8-4-3-5-8/h8H,1-7H2,(H,11,14)(H,12,13). The van der Waals surface area contributed by atoms with Crippen LogP contribution in [0.15, 0.2) is 0 Å². The van der Waals surface area contributed by atoms with Crippen LogP contribution in [0, 0.1) is 5.92 Å². The van der Waals surface area contributed by atoms with Crippen LogP contribution in [0.4, 0.5) is 0 Å². The Balaban J connectivity index is 1.92. The molecule has 1 rings (SSSR count). The number of carboxylic acids is 1. The van der Waals surface area contributed by atoms with Gasteiger partial charge in [0.05, 0.1) is 0 Å². The molecule has 1 fully saturated rings. The lowest BCUT2D eigenvalue weighted by molar-refractivity contribution is -0.137. The molecule has 1 amide bonds. The van der Waals surface area contributed by atoms with Gasteiger partial charge in [-0.3, -0.25) is 9.59 Å². The van der Waals surface area contributed by atoms with E-state index in [0.717, 1.165) is 25.7 Å². The fourth-order valence-electron chi connectivity index (χ4n) is 1.43. The Labute approximate surface area is 83.7 Å². The van der Waals surface area contributed by atoms with E-state index in [9.17, 15) is 9.59 Å². The highest BCUT2D eigenvalue weighted by molar-refractivity contribution is 5.79. The first kappa shape index (κ1) is 11.0. The first-order valence-electron chi connectivity index (χ1n) is 5.19. The van der Waals surface area contributed by atoms with Gasteiger partial charge in [0.25, 0.3) is 0 Å². The van der Waals surface area contributed by atoms with E-state index in [1.807, 2.05) is 0 Å². The van der Waals surface area contributed by atoms with Crippen LogP contribution in [-0.2, 0) is 9.59 Å². The third-order valence-electron chi connectivity index (χ3n) is 2.59. The van der Waals surface area contributed by atoms with Gasteiger partial charge in [-0.1, -0.05) is 6.42 Å². The van der Waals surface area contributed by atoms with E-state index in [-0.39, 0.29) is 18.2 Å². The molecule has 4 heteroatoms. The first-order valence-corrected chi connectivity index (χ1v) is 5.19. The highest BCUT2D eigenvalue weighted by Crippen LogP contribution is 2.25. The molecule has 0 saturated heterocycles. The predicted octanol–water partition coefficient (Wildman–Crippen LogP) is 1.16. The minimum Gasteiger partial charge on any atom is -0.481 e. The summed E-state index contributed by atoms with van der Waals surface area (Å²) in [7, 11) is 0. The molecule has 80 valence electrons. The summed E-state index contributed by atoms with van der Waals surface area (Å²) < 4.78 is 0. The van der Waals surface area contributed by atoms with Crippen molar-refractivity contribution in [3.63, 3.8) is 0 Å². The Kier molecular flexibility index (Phi) is 4.43. The zero-order valence-electron chi connectivity index (χ0n) is 8.29. The molecule has 0 bridgehead atoms. The molecule has 0 aromatic heterocycles. The Hall–Kier alpha value is -1.06. The highest BCUT2D eigenvalue weighted by Gasteiger charge is 2.24. The Morgan fingerprint density at radius 1 is 1.29 bits per heavy atom. The average Bonchev–Trinajstić information content (AvgIpc) is 1.99. The molecule has 0 radical (unpaired) electrons. The first-order chi connectivity index (χ1) is 6.70. The maximum atomic E-state index is 11.3. The second kappa shape index (κ2) is 5.62. The van der Waals surface area contributed by atoms with Crippen LogP contribution < -0.4 is 5.32 Å². The fraction of sp³-hybridized carbons (Fsp3) is 0.800. The number of carbonyl (C=O) groups excluding carboxylic acids is 1. The summed E-state index contributed by atoms with van der Waals surface area (Å²) in [5, 5.41) is 11.2. The van der Waals surface area contributed by atoms with Crippen molar-refractivity contribution in [3.05, 3.63) is 0 Å². The number of aliphatic carboxylic acids is 1.